The minimum absolute atomic E-state index is 0.229. The van der Waals surface area contributed by atoms with Gasteiger partial charge in [-0.1, -0.05) is 0 Å². The predicted molar refractivity (Wildman–Crippen MR) is 74.7 cm³/mol. The molecule has 3 rings (SSSR count). The first kappa shape index (κ1) is 12.2. The van der Waals surface area contributed by atoms with E-state index in [4.69, 9.17) is 5.26 Å². The Balaban J connectivity index is 1.90. The molecule has 1 aromatic carbocycles. The van der Waals surface area contributed by atoms with E-state index in [9.17, 15) is 4.39 Å². The quantitative estimate of drug-likeness (QED) is 0.887. The van der Waals surface area contributed by atoms with E-state index in [-0.39, 0.29) is 11.9 Å². The van der Waals surface area contributed by atoms with Crippen LogP contribution in [0.4, 0.5) is 10.1 Å². The van der Waals surface area contributed by atoms with Crippen molar-refractivity contribution in [3.8, 4) is 6.07 Å². The number of benzene rings is 1. The lowest BCUT2D eigenvalue weighted by molar-refractivity contribution is 0.607. The van der Waals surface area contributed by atoms with Crippen molar-refractivity contribution < 1.29 is 4.39 Å². The Morgan fingerprint density at radius 1 is 1.37 bits per heavy atom. The first-order valence-electron chi connectivity index (χ1n) is 6.30. The number of aryl methyl sites for hydroxylation is 1. The highest BCUT2D eigenvalue weighted by atomic mass is 32.1. The van der Waals surface area contributed by atoms with Crippen LogP contribution >= 0.6 is 11.3 Å². The number of nitrogens with zero attached hydrogens (tertiary/aromatic N) is 1. The summed E-state index contributed by atoms with van der Waals surface area (Å²) in [5.74, 6) is -0.373. The van der Waals surface area contributed by atoms with Gasteiger partial charge in [-0.05, 0) is 54.5 Å². The number of rotatable bonds is 2. The molecular formula is C15H13FN2S. The van der Waals surface area contributed by atoms with Crippen molar-refractivity contribution >= 4 is 17.0 Å². The molecule has 0 spiro atoms. The van der Waals surface area contributed by atoms with E-state index < -0.39 is 0 Å². The number of thiophene rings is 1. The molecule has 0 radical (unpaired) electrons. The van der Waals surface area contributed by atoms with Crippen molar-refractivity contribution in [3.63, 3.8) is 0 Å². The lowest BCUT2D eigenvalue weighted by Gasteiger charge is -2.25. The number of hydrogen-bond donors (Lipinski definition) is 1. The van der Waals surface area contributed by atoms with Gasteiger partial charge in [-0.25, -0.2) is 4.39 Å². The van der Waals surface area contributed by atoms with Crippen LogP contribution in [0.25, 0.3) is 0 Å². The molecule has 4 heteroatoms. The second-order valence-corrected chi connectivity index (χ2v) is 5.69. The van der Waals surface area contributed by atoms with Gasteiger partial charge in [0.25, 0.3) is 0 Å². The summed E-state index contributed by atoms with van der Waals surface area (Å²) in [5.41, 5.74) is 2.40. The molecular weight excluding hydrogens is 259 g/mol. The molecule has 0 fully saturated rings. The molecule has 96 valence electrons. The zero-order chi connectivity index (χ0) is 13.2. The number of anilines is 1. The Bertz CT molecular complexity index is 642. The number of halogens is 1. The van der Waals surface area contributed by atoms with Gasteiger partial charge in [-0.15, -0.1) is 11.3 Å². The topological polar surface area (TPSA) is 35.8 Å². The molecule has 0 saturated carbocycles. The van der Waals surface area contributed by atoms with Crippen LogP contribution in [0.15, 0.2) is 29.6 Å². The second-order valence-electron chi connectivity index (χ2n) is 4.69. The molecule has 0 aliphatic heterocycles. The molecule has 1 heterocycles. The maximum atomic E-state index is 13.1. The number of nitriles is 1. The van der Waals surface area contributed by atoms with Crippen molar-refractivity contribution in [2.75, 3.05) is 5.32 Å². The second kappa shape index (κ2) is 5.02. The van der Waals surface area contributed by atoms with Crippen LogP contribution in [0, 0.1) is 17.1 Å². The van der Waals surface area contributed by atoms with Crippen molar-refractivity contribution in [1.29, 1.82) is 5.26 Å². The Morgan fingerprint density at radius 3 is 3.11 bits per heavy atom. The minimum Gasteiger partial charge on any atom is -0.377 e. The molecule has 1 aromatic heterocycles. The number of nitrogens with one attached hydrogen (secondary N) is 1. The van der Waals surface area contributed by atoms with Crippen molar-refractivity contribution in [2.45, 2.75) is 25.3 Å². The molecule has 1 aliphatic carbocycles. The first-order valence-corrected chi connectivity index (χ1v) is 7.18. The van der Waals surface area contributed by atoms with Crippen LogP contribution in [-0.4, -0.2) is 0 Å². The normalized spacial score (nSPS) is 17.6. The molecule has 2 aromatic rings. The highest BCUT2D eigenvalue weighted by molar-refractivity contribution is 7.10. The first-order chi connectivity index (χ1) is 9.28. The Kier molecular flexibility index (Phi) is 3.22. The lowest BCUT2D eigenvalue weighted by atomic mass is 9.93. The van der Waals surface area contributed by atoms with E-state index in [1.807, 2.05) is 6.07 Å². The summed E-state index contributed by atoms with van der Waals surface area (Å²) in [7, 11) is 0. The fourth-order valence-corrected chi connectivity index (χ4v) is 3.55. The van der Waals surface area contributed by atoms with Gasteiger partial charge < -0.3 is 5.32 Å². The van der Waals surface area contributed by atoms with E-state index in [0.29, 0.717) is 11.3 Å². The third kappa shape index (κ3) is 2.34. The fourth-order valence-electron chi connectivity index (χ4n) is 2.56. The summed E-state index contributed by atoms with van der Waals surface area (Å²) in [4.78, 5) is 1.42. The molecule has 0 amide bonds. The summed E-state index contributed by atoms with van der Waals surface area (Å²) < 4.78 is 13.1. The van der Waals surface area contributed by atoms with Crippen LogP contribution in [0.2, 0.25) is 0 Å². The van der Waals surface area contributed by atoms with Gasteiger partial charge in [0.15, 0.2) is 0 Å². The Hall–Kier alpha value is -1.86. The van der Waals surface area contributed by atoms with Gasteiger partial charge in [0.1, 0.15) is 11.9 Å². The maximum Gasteiger partial charge on any atom is 0.124 e. The molecule has 0 bridgehead atoms. The van der Waals surface area contributed by atoms with E-state index in [1.165, 1.54) is 22.6 Å². The molecule has 1 N–H and O–H groups in total. The van der Waals surface area contributed by atoms with Crippen molar-refractivity contribution in [1.82, 2.24) is 0 Å². The third-order valence-corrected chi connectivity index (χ3v) is 4.48. The third-order valence-electron chi connectivity index (χ3n) is 3.48. The zero-order valence-electron chi connectivity index (χ0n) is 10.3. The summed E-state index contributed by atoms with van der Waals surface area (Å²) in [6, 6.07) is 8.73. The number of fused-ring (bicyclic) bond motifs is 1. The van der Waals surface area contributed by atoms with Crippen LogP contribution < -0.4 is 5.32 Å². The van der Waals surface area contributed by atoms with Gasteiger partial charge >= 0.3 is 0 Å². The van der Waals surface area contributed by atoms with Crippen LogP contribution in [-0.2, 0) is 6.42 Å². The van der Waals surface area contributed by atoms with E-state index in [2.05, 4.69) is 16.8 Å². The van der Waals surface area contributed by atoms with Crippen LogP contribution in [0.3, 0.4) is 0 Å². The van der Waals surface area contributed by atoms with Gasteiger partial charge in [-0.3, -0.25) is 0 Å². The van der Waals surface area contributed by atoms with E-state index >= 15 is 0 Å². The predicted octanol–water partition coefficient (Wildman–Crippen LogP) is 4.25. The molecule has 19 heavy (non-hydrogen) atoms. The summed E-state index contributed by atoms with van der Waals surface area (Å²) in [6.07, 6.45) is 3.33. The molecule has 0 saturated heterocycles. The van der Waals surface area contributed by atoms with Crippen molar-refractivity contribution in [2.24, 2.45) is 0 Å². The Labute approximate surface area is 115 Å². The summed E-state index contributed by atoms with van der Waals surface area (Å²) in [5, 5.41) is 14.6. The molecule has 1 unspecified atom stereocenters. The lowest BCUT2D eigenvalue weighted by Crippen LogP contribution is -2.16. The largest absolute Gasteiger partial charge is 0.377 e. The smallest absolute Gasteiger partial charge is 0.124 e. The Morgan fingerprint density at radius 2 is 2.26 bits per heavy atom. The monoisotopic (exact) mass is 272 g/mol. The van der Waals surface area contributed by atoms with Gasteiger partial charge in [0.05, 0.1) is 17.3 Å². The SMILES string of the molecule is N#Cc1cc(F)ccc1NC1CCCc2sccc21. The van der Waals surface area contributed by atoms with Crippen molar-refractivity contribution in [3.05, 3.63) is 51.5 Å². The van der Waals surface area contributed by atoms with E-state index in [1.54, 1.807) is 17.4 Å². The molecule has 2 nitrogen and oxygen atoms in total. The van der Waals surface area contributed by atoms with Gasteiger partial charge in [0, 0.05) is 4.88 Å². The average Bonchev–Trinajstić information content (AvgIpc) is 2.90. The molecule has 1 atom stereocenters. The van der Waals surface area contributed by atoms with Crippen LogP contribution in [0.1, 0.15) is 34.9 Å². The fraction of sp³-hybridized carbons (Fsp3) is 0.267. The van der Waals surface area contributed by atoms with Gasteiger partial charge in [0.2, 0.25) is 0 Å². The average molecular weight is 272 g/mol. The molecule has 1 aliphatic rings. The summed E-state index contributed by atoms with van der Waals surface area (Å²) >= 11 is 1.79. The zero-order valence-corrected chi connectivity index (χ0v) is 11.1. The van der Waals surface area contributed by atoms with Gasteiger partial charge in [-0.2, -0.15) is 5.26 Å². The number of hydrogen-bond acceptors (Lipinski definition) is 3. The van der Waals surface area contributed by atoms with E-state index in [0.717, 1.165) is 19.3 Å². The highest BCUT2D eigenvalue weighted by Crippen LogP contribution is 2.36. The minimum atomic E-state index is -0.373. The maximum absolute atomic E-state index is 13.1. The summed E-state index contributed by atoms with van der Waals surface area (Å²) in [6.45, 7) is 0. The highest BCUT2D eigenvalue weighted by Gasteiger charge is 2.21. The standard InChI is InChI=1S/C15H13FN2S/c16-11-4-5-13(10(8-11)9-17)18-14-2-1-3-15-12(14)6-7-19-15/h4-8,14,18H,1-3H2. The van der Waals surface area contributed by atoms with Crippen LogP contribution in [0.5, 0.6) is 0 Å².